The fourth-order valence-electron chi connectivity index (χ4n) is 3.86. The summed E-state index contributed by atoms with van der Waals surface area (Å²) in [4.78, 5) is 25.1. The lowest BCUT2D eigenvalue weighted by atomic mass is 9.82. The van der Waals surface area contributed by atoms with E-state index < -0.39 is 11.9 Å². The number of aromatic carboxylic acids is 2. The molecule has 3 radical (unpaired) electrons. The van der Waals surface area contributed by atoms with Crippen LogP contribution in [0.3, 0.4) is 0 Å². The Bertz CT molecular complexity index is 1270. The Hall–Kier alpha value is -3.96. The molecule has 0 heterocycles. The molecule has 4 rings (SSSR count). The Kier molecular flexibility index (Phi) is 5.52. The number of benzene rings is 4. The molecule has 0 spiro atoms. The highest BCUT2D eigenvalue weighted by Gasteiger charge is 2.30. The quantitative estimate of drug-likeness (QED) is 0.451. The summed E-state index contributed by atoms with van der Waals surface area (Å²) >= 11 is 0. The molecule has 31 heavy (non-hydrogen) atoms. The van der Waals surface area contributed by atoms with Crippen LogP contribution in [0, 0.1) is 0 Å². The monoisotopic (exact) mass is 421 g/mol. The third kappa shape index (κ3) is 3.67. The first-order valence-electron chi connectivity index (χ1n) is 9.59. The van der Waals surface area contributed by atoms with E-state index in [9.17, 15) is 19.8 Å². The van der Waals surface area contributed by atoms with Crippen molar-refractivity contribution in [3.63, 3.8) is 0 Å². The maximum Gasteiger partial charge on any atom is 0.336 e. The van der Waals surface area contributed by atoms with Crippen LogP contribution in [0.15, 0.2) is 91.0 Å². The minimum atomic E-state index is -1.14. The lowest BCUT2D eigenvalue weighted by molar-refractivity contribution is 0.0684. The number of carboxylic acids is 2. The second-order valence-corrected chi connectivity index (χ2v) is 7.46. The minimum Gasteiger partial charge on any atom is -0.478 e. The van der Waals surface area contributed by atoms with Gasteiger partial charge in [0.15, 0.2) is 0 Å². The summed E-state index contributed by atoms with van der Waals surface area (Å²) in [6.07, 6.45) is 0. The Morgan fingerprint density at radius 2 is 0.839 bits per heavy atom. The highest BCUT2D eigenvalue weighted by molar-refractivity contribution is 6.42. The van der Waals surface area contributed by atoms with E-state index in [1.807, 2.05) is 18.2 Å². The minimum absolute atomic E-state index is 0.0190. The zero-order valence-electron chi connectivity index (χ0n) is 16.4. The van der Waals surface area contributed by atoms with Gasteiger partial charge in [-0.05, 0) is 27.4 Å². The lowest BCUT2D eigenvalue weighted by Crippen LogP contribution is -2.24. The Balaban J connectivity index is 2.28. The van der Waals surface area contributed by atoms with Crippen molar-refractivity contribution in [3.8, 4) is 33.4 Å². The molecular formula is C26H17O4Si. The van der Waals surface area contributed by atoms with Crippen LogP contribution in [0.4, 0.5) is 0 Å². The van der Waals surface area contributed by atoms with Crippen LogP contribution in [0.5, 0.6) is 0 Å². The predicted molar refractivity (Wildman–Crippen MR) is 122 cm³/mol. The van der Waals surface area contributed by atoms with Crippen LogP contribution < -0.4 is 5.19 Å². The van der Waals surface area contributed by atoms with Crippen molar-refractivity contribution < 1.29 is 19.8 Å². The summed E-state index contributed by atoms with van der Waals surface area (Å²) in [5.41, 5.74) is 3.01. The zero-order valence-corrected chi connectivity index (χ0v) is 17.4. The predicted octanol–water partition coefficient (Wildman–Crippen LogP) is 4.88. The van der Waals surface area contributed by atoms with E-state index in [1.54, 1.807) is 72.8 Å². The second-order valence-electron chi connectivity index (χ2n) is 6.96. The van der Waals surface area contributed by atoms with E-state index >= 15 is 0 Å². The summed E-state index contributed by atoms with van der Waals surface area (Å²) in [5, 5.41) is 20.8. The number of rotatable bonds is 5. The molecule has 4 nitrogen and oxygen atoms in total. The maximum absolute atomic E-state index is 12.6. The molecule has 0 amide bonds. The first-order chi connectivity index (χ1) is 15.0. The molecule has 0 fully saturated rings. The van der Waals surface area contributed by atoms with Crippen LogP contribution in [-0.2, 0) is 0 Å². The van der Waals surface area contributed by atoms with Gasteiger partial charge in [0.2, 0.25) is 0 Å². The van der Waals surface area contributed by atoms with Crippen molar-refractivity contribution in [2.45, 2.75) is 0 Å². The van der Waals surface area contributed by atoms with Gasteiger partial charge < -0.3 is 10.2 Å². The number of carboxylic acid groups (broad SMARTS) is 2. The molecule has 0 bridgehead atoms. The molecule has 0 atom stereocenters. The summed E-state index contributed by atoms with van der Waals surface area (Å²) < 4.78 is 0. The van der Waals surface area contributed by atoms with Gasteiger partial charge in [-0.3, -0.25) is 0 Å². The molecule has 0 saturated carbocycles. The zero-order chi connectivity index (χ0) is 22.0. The standard InChI is InChI=1S/C26H17O4Si/c27-25(28)22-19(16-10-4-1-5-11-16)20(17-12-6-2-7-13-17)23(26(29)30)24(31)21(22)18-14-8-3-9-15-18/h1-15H,(H,27,28)(H,29,30). The third-order valence-corrected chi connectivity index (χ3v) is 5.62. The summed E-state index contributed by atoms with van der Waals surface area (Å²) in [7, 11) is 3.51. The normalized spacial score (nSPS) is 10.6. The van der Waals surface area contributed by atoms with E-state index in [-0.39, 0.29) is 16.3 Å². The smallest absolute Gasteiger partial charge is 0.336 e. The highest BCUT2D eigenvalue weighted by Crippen LogP contribution is 2.41. The lowest BCUT2D eigenvalue weighted by Gasteiger charge is -2.23. The van der Waals surface area contributed by atoms with E-state index in [0.717, 1.165) is 0 Å². The Morgan fingerprint density at radius 3 is 1.19 bits per heavy atom. The van der Waals surface area contributed by atoms with Gasteiger partial charge in [0.25, 0.3) is 0 Å². The molecular weight excluding hydrogens is 404 g/mol. The molecule has 5 heteroatoms. The van der Waals surface area contributed by atoms with Crippen molar-refractivity contribution in [1.29, 1.82) is 0 Å². The second kappa shape index (κ2) is 8.42. The van der Waals surface area contributed by atoms with Gasteiger partial charge in [-0.2, -0.15) is 0 Å². The van der Waals surface area contributed by atoms with Gasteiger partial charge in [0.05, 0.1) is 21.4 Å². The first-order valence-corrected chi connectivity index (χ1v) is 10.1. The van der Waals surface area contributed by atoms with Gasteiger partial charge in [-0.1, -0.05) is 91.0 Å². The molecule has 0 saturated heterocycles. The van der Waals surface area contributed by atoms with Gasteiger partial charge in [0.1, 0.15) is 0 Å². The molecule has 0 aliphatic carbocycles. The molecule has 0 aromatic heterocycles. The highest BCUT2D eigenvalue weighted by atomic mass is 28.1. The van der Waals surface area contributed by atoms with Crippen molar-refractivity contribution >= 4 is 27.4 Å². The molecule has 0 unspecified atom stereocenters. The molecule has 4 aromatic rings. The van der Waals surface area contributed by atoms with E-state index in [2.05, 4.69) is 10.2 Å². The fourth-order valence-corrected chi connectivity index (χ4v) is 4.36. The SMILES string of the molecule is O=C(O)c1c([Si])c(-c2ccccc2)c(C(=O)O)c(-c2ccccc2)c1-c1ccccc1. The van der Waals surface area contributed by atoms with Crippen molar-refractivity contribution in [2.24, 2.45) is 0 Å². The molecule has 0 aliphatic heterocycles. The third-order valence-electron chi connectivity index (χ3n) is 5.12. The number of hydrogen-bond acceptors (Lipinski definition) is 2. The largest absolute Gasteiger partial charge is 0.478 e. The molecule has 0 aliphatic rings. The van der Waals surface area contributed by atoms with Crippen LogP contribution in [0.1, 0.15) is 20.7 Å². The van der Waals surface area contributed by atoms with E-state index in [1.165, 1.54) is 0 Å². The average Bonchev–Trinajstić information content (AvgIpc) is 2.79. The topological polar surface area (TPSA) is 74.6 Å². The number of hydrogen-bond donors (Lipinski definition) is 2. The Labute approximate surface area is 182 Å². The summed E-state index contributed by atoms with van der Waals surface area (Å²) in [6, 6.07) is 27.0. The Morgan fingerprint density at radius 1 is 0.516 bits per heavy atom. The van der Waals surface area contributed by atoms with Crippen LogP contribution in [-0.4, -0.2) is 32.4 Å². The van der Waals surface area contributed by atoms with Crippen molar-refractivity contribution in [3.05, 3.63) is 102 Å². The van der Waals surface area contributed by atoms with Crippen molar-refractivity contribution in [2.75, 3.05) is 0 Å². The van der Waals surface area contributed by atoms with Gasteiger partial charge in [-0.25, -0.2) is 9.59 Å². The van der Waals surface area contributed by atoms with Gasteiger partial charge in [-0.15, -0.1) is 0 Å². The summed E-state index contributed by atoms with van der Waals surface area (Å²) in [6.45, 7) is 0. The summed E-state index contributed by atoms with van der Waals surface area (Å²) in [5.74, 6) is -2.28. The van der Waals surface area contributed by atoms with Crippen LogP contribution in [0.2, 0.25) is 0 Å². The number of carbonyl (C=O) groups is 2. The van der Waals surface area contributed by atoms with Gasteiger partial charge >= 0.3 is 11.9 Å². The van der Waals surface area contributed by atoms with Gasteiger partial charge in [0, 0.05) is 11.1 Å². The molecule has 2 N–H and O–H groups in total. The first kappa shape index (κ1) is 20.3. The van der Waals surface area contributed by atoms with E-state index in [0.29, 0.717) is 33.4 Å². The van der Waals surface area contributed by atoms with Crippen LogP contribution in [0.25, 0.3) is 33.4 Å². The molecule has 149 valence electrons. The van der Waals surface area contributed by atoms with Crippen LogP contribution >= 0.6 is 0 Å². The van der Waals surface area contributed by atoms with Crippen molar-refractivity contribution in [1.82, 2.24) is 0 Å². The maximum atomic E-state index is 12.6. The molecule has 4 aromatic carbocycles. The fraction of sp³-hybridized carbons (Fsp3) is 0. The van der Waals surface area contributed by atoms with E-state index in [4.69, 9.17) is 0 Å². The average molecular weight is 422 g/mol.